The first kappa shape index (κ1) is 18.6. The molecule has 4 rings (SSSR count). The first-order valence-corrected chi connectivity index (χ1v) is 10.4. The molecule has 5 nitrogen and oxygen atoms in total. The topological polar surface area (TPSA) is 49.3 Å². The van der Waals surface area contributed by atoms with Crippen LogP contribution in [0.15, 0.2) is 48.7 Å². The first-order valence-electron chi connectivity index (χ1n) is 9.57. The van der Waals surface area contributed by atoms with Crippen molar-refractivity contribution in [3.63, 3.8) is 0 Å². The smallest absolute Gasteiger partial charge is 0.228 e. The minimum atomic E-state index is 0.184. The maximum Gasteiger partial charge on any atom is 0.228 e. The molecule has 1 fully saturated rings. The molecule has 1 amide bonds. The highest BCUT2D eigenvalue weighted by Crippen LogP contribution is 2.27. The summed E-state index contributed by atoms with van der Waals surface area (Å²) in [5.41, 5.74) is 4.30. The van der Waals surface area contributed by atoms with E-state index in [0.717, 1.165) is 47.5 Å². The van der Waals surface area contributed by atoms with Crippen molar-refractivity contribution in [3.8, 4) is 10.7 Å². The summed E-state index contributed by atoms with van der Waals surface area (Å²) < 4.78 is 0. The van der Waals surface area contributed by atoms with E-state index in [4.69, 9.17) is 0 Å². The molecule has 2 aromatic heterocycles. The van der Waals surface area contributed by atoms with E-state index in [2.05, 4.69) is 46.1 Å². The average molecular weight is 393 g/mol. The third-order valence-corrected chi connectivity index (χ3v) is 6.27. The number of carbonyl (C=O) groups excluding carboxylic acids is 1. The van der Waals surface area contributed by atoms with Crippen LogP contribution in [0.4, 0.5) is 5.69 Å². The first-order chi connectivity index (χ1) is 13.6. The van der Waals surface area contributed by atoms with Gasteiger partial charge in [0.15, 0.2) is 0 Å². The summed E-state index contributed by atoms with van der Waals surface area (Å²) in [7, 11) is 0. The molecule has 0 unspecified atom stereocenters. The summed E-state index contributed by atoms with van der Waals surface area (Å²) in [4.78, 5) is 27.2. The lowest BCUT2D eigenvalue weighted by atomic mass is 10.2. The second kappa shape index (κ2) is 8.10. The third-order valence-electron chi connectivity index (χ3n) is 5.09. The zero-order valence-corrected chi connectivity index (χ0v) is 17.1. The zero-order chi connectivity index (χ0) is 19.5. The van der Waals surface area contributed by atoms with Gasteiger partial charge in [0.25, 0.3) is 0 Å². The molecule has 0 aliphatic carbocycles. The van der Waals surface area contributed by atoms with Gasteiger partial charge in [-0.2, -0.15) is 0 Å². The molecule has 0 spiro atoms. The highest BCUT2D eigenvalue weighted by molar-refractivity contribution is 7.15. The van der Waals surface area contributed by atoms with Crippen molar-refractivity contribution in [2.75, 3.05) is 31.1 Å². The Morgan fingerprint density at radius 3 is 2.61 bits per heavy atom. The second-order valence-corrected chi connectivity index (χ2v) is 8.21. The van der Waals surface area contributed by atoms with Crippen molar-refractivity contribution < 1.29 is 4.79 Å². The minimum absolute atomic E-state index is 0.184. The van der Waals surface area contributed by atoms with E-state index in [1.807, 2.05) is 30.0 Å². The van der Waals surface area contributed by atoms with E-state index in [9.17, 15) is 4.79 Å². The van der Waals surface area contributed by atoms with Gasteiger partial charge in [0.1, 0.15) is 5.01 Å². The van der Waals surface area contributed by atoms with E-state index < -0.39 is 0 Å². The molecular weight excluding hydrogens is 368 g/mol. The van der Waals surface area contributed by atoms with Gasteiger partial charge in [-0.1, -0.05) is 18.2 Å². The lowest BCUT2D eigenvalue weighted by Gasteiger charge is -2.36. The van der Waals surface area contributed by atoms with Gasteiger partial charge in [-0.25, -0.2) is 4.98 Å². The highest BCUT2D eigenvalue weighted by atomic mass is 32.1. The number of pyridine rings is 1. The molecule has 0 bridgehead atoms. The number of thiazole rings is 1. The van der Waals surface area contributed by atoms with Crippen LogP contribution >= 0.6 is 11.3 Å². The molecule has 3 aromatic rings. The highest BCUT2D eigenvalue weighted by Gasteiger charge is 2.23. The molecule has 1 aromatic carbocycles. The summed E-state index contributed by atoms with van der Waals surface area (Å²) in [6.07, 6.45) is 2.19. The van der Waals surface area contributed by atoms with Crippen LogP contribution in [0.1, 0.15) is 16.1 Å². The summed E-state index contributed by atoms with van der Waals surface area (Å²) >= 11 is 1.57. The van der Waals surface area contributed by atoms with Gasteiger partial charge in [0.2, 0.25) is 5.91 Å². The molecule has 144 valence electrons. The fraction of sp³-hybridized carbons (Fsp3) is 0.318. The molecule has 1 saturated heterocycles. The Balaban J connectivity index is 1.38. The molecule has 0 radical (unpaired) electrons. The molecule has 6 heteroatoms. The number of hydrogen-bond acceptors (Lipinski definition) is 5. The standard InChI is InChI=1S/C22H24N4OS/c1-16-6-5-7-18(14-16)25-10-12-26(13-11-25)21(27)15-20-17(2)24-22(28-20)19-8-3-4-9-23-19/h3-9,14H,10-13,15H2,1-2H3. The van der Waals surface area contributed by atoms with Crippen molar-refractivity contribution in [1.82, 2.24) is 14.9 Å². The number of piperazine rings is 1. The molecule has 1 aliphatic rings. The predicted octanol–water partition coefficient (Wildman–Crippen LogP) is 3.71. The quantitative estimate of drug-likeness (QED) is 0.679. The number of anilines is 1. The third kappa shape index (κ3) is 4.07. The van der Waals surface area contributed by atoms with Crippen LogP contribution < -0.4 is 4.90 Å². The molecule has 0 N–H and O–H groups in total. The Morgan fingerprint density at radius 2 is 1.89 bits per heavy atom. The van der Waals surface area contributed by atoms with Gasteiger partial charge in [0, 0.05) is 42.9 Å². The van der Waals surface area contributed by atoms with E-state index in [1.165, 1.54) is 11.3 Å². The lowest BCUT2D eigenvalue weighted by molar-refractivity contribution is -0.130. The van der Waals surface area contributed by atoms with Crippen molar-refractivity contribution >= 4 is 22.9 Å². The monoisotopic (exact) mass is 392 g/mol. The number of nitrogens with zero attached hydrogens (tertiary/aromatic N) is 4. The van der Waals surface area contributed by atoms with Crippen LogP contribution in [0, 0.1) is 13.8 Å². The normalized spacial score (nSPS) is 14.4. The number of benzene rings is 1. The van der Waals surface area contributed by atoms with Crippen molar-refractivity contribution in [1.29, 1.82) is 0 Å². The number of aromatic nitrogens is 2. The van der Waals surface area contributed by atoms with Crippen LogP contribution in [0.3, 0.4) is 0 Å². The van der Waals surface area contributed by atoms with Gasteiger partial charge < -0.3 is 9.80 Å². The summed E-state index contributed by atoms with van der Waals surface area (Å²) in [5.74, 6) is 0.184. The number of aryl methyl sites for hydroxylation is 2. The van der Waals surface area contributed by atoms with E-state index in [1.54, 1.807) is 17.5 Å². The van der Waals surface area contributed by atoms with Crippen molar-refractivity contribution in [3.05, 3.63) is 64.8 Å². The molecular formula is C22H24N4OS. The lowest BCUT2D eigenvalue weighted by Crippen LogP contribution is -2.49. The molecule has 3 heterocycles. The number of amides is 1. The summed E-state index contributed by atoms with van der Waals surface area (Å²) in [6.45, 7) is 7.35. The van der Waals surface area contributed by atoms with E-state index in [-0.39, 0.29) is 5.91 Å². The number of rotatable bonds is 4. The molecule has 0 saturated carbocycles. The van der Waals surface area contributed by atoms with Crippen LogP contribution in [0.5, 0.6) is 0 Å². The molecule has 28 heavy (non-hydrogen) atoms. The van der Waals surface area contributed by atoms with E-state index >= 15 is 0 Å². The Morgan fingerprint density at radius 1 is 1.07 bits per heavy atom. The van der Waals surface area contributed by atoms with Gasteiger partial charge >= 0.3 is 0 Å². The fourth-order valence-electron chi connectivity index (χ4n) is 3.48. The van der Waals surface area contributed by atoms with Crippen LogP contribution in [0.2, 0.25) is 0 Å². The van der Waals surface area contributed by atoms with Crippen LogP contribution in [-0.4, -0.2) is 47.0 Å². The largest absolute Gasteiger partial charge is 0.368 e. The van der Waals surface area contributed by atoms with Gasteiger partial charge in [-0.15, -0.1) is 11.3 Å². The summed E-state index contributed by atoms with van der Waals surface area (Å²) in [5, 5.41) is 0.880. The Kier molecular flexibility index (Phi) is 5.39. The zero-order valence-electron chi connectivity index (χ0n) is 16.3. The number of carbonyl (C=O) groups is 1. The van der Waals surface area contributed by atoms with Crippen LogP contribution in [-0.2, 0) is 11.2 Å². The SMILES string of the molecule is Cc1cccc(N2CCN(C(=O)Cc3sc(-c4ccccn4)nc3C)CC2)c1. The molecule has 1 aliphatic heterocycles. The van der Waals surface area contributed by atoms with Crippen molar-refractivity contribution in [2.45, 2.75) is 20.3 Å². The summed E-state index contributed by atoms with van der Waals surface area (Å²) in [6, 6.07) is 14.4. The van der Waals surface area contributed by atoms with Gasteiger partial charge in [-0.3, -0.25) is 9.78 Å². The van der Waals surface area contributed by atoms with Gasteiger partial charge in [-0.05, 0) is 43.7 Å². The molecule has 0 atom stereocenters. The number of hydrogen-bond donors (Lipinski definition) is 0. The van der Waals surface area contributed by atoms with E-state index in [0.29, 0.717) is 6.42 Å². The van der Waals surface area contributed by atoms with Crippen LogP contribution in [0.25, 0.3) is 10.7 Å². The maximum absolute atomic E-state index is 12.8. The Bertz CT molecular complexity index is 962. The average Bonchev–Trinajstić information content (AvgIpc) is 3.09. The Hall–Kier alpha value is -2.73. The minimum Gasteiger partial charge on any atom is -0.368 e. The fourth-order valence-corrected chi connectivity index (χ4v) is 4.51. The second-order valence-electron chi connectivity index (χ2n) is 7.13. The Labute approximate surface area is 169 Å². The van der Waals surface area contributed by atoms with Crippen molar-refractivity contribution in [2.24, 2.45) is 0 Å². The maximum atomic E-state index is 12.8. The predicted molar refractivity (Wildman–Crippen MR) is 114 cm³/mol. The van der Waals surface area contributed by atoms with Gasteiger partial charge in [0.05, 0.1) is 17.8 Å².